The van der Waals surface area contributed by atoms with Gasteiger partial charge in [0.2, 0.25) is 5.91 Å². The van der Waals surface area contributed by atoms with Crippen molar-refractivity contribution in [2.45, 2.75) is 25.7 Å². The van der Waals surface area contributed by atoms with Gasteiger partial charge in [0, 0.05) is 50.5 Å². The van der Waals surface area contributed by atoms with E-state index >= 15 is 0 Å². The summed E-state index contributed by atoms with van der Waals surface area (Å²) >= 11 is 1.38. The van der Waals surface area contributed by atoms with E-state index in [0.29, 0.717) is 48.9 Å². The van der Waals surface area contributed by atoms with Gasteiger partial charge in [0.05, 0.1) is 11.4 Å². The number of carbonyl (C=O) groups is 3. The molecule has 170 valence electrons. The molecule has 0 saturated carbocycles. The van der Waals surface area contributed by atoms with Gasteiger partial charge in [-0.1, -0.05) is 25.0 Å². The lowest BCUT2D eigenvalue weighted by molar-refractivity contribution is -0.132. The van der Waals surface area contributed by atoms with E-state index in [4.69, 9.17) is 0 Å². The fraction of sp³-hybridized carbons (Fsp3) is 0.458. The molecule has 3 amide bonds. The fourth-order valence-electron chi connectivity index (χ4n) is 4.23. The number of thiophene rings is 1. The van der Waals surface area contributed by atoms with Crippen LogP contribution >= 0.6 is 11.3 Å². The number of likely N-dealkylation sites (tertiary alicyclic amines) is 1. The zero-order chi connectivity index (χ0) is 22.3. The molecule has 7 nitrogen and oxygen atoms in total. The molecule has 0 radical (unpaired) electrons. The number of carbonyl (C=O) groups excluding carboxylic acids is 3. The molecule has 2 saturated heterocycles. The highest BCUT2D eigenvalue weighted by molar-refractivity contribution is 7.12. The van der Waals surface area contributed by atoms with Crippen LogP contribution in [-0.2, 0) is 4.79 Å². The highest BCUT2D eigenvalue weighted by Crippen LogP contribution is 2.17. The average molecular weight is 455 g/mol. The first-order valence-electron chi connectivity index (χ1n) is 11.3. The highest BCUT2D eigenvalue weighted by atomic mass is 32.1. The number of benzene rings is 1. The second-order valence-corrected chi connectivity index (χ2v) is 9.32. The molecule has 1 N–H and O–H groups in total. The van der Waals surface area contributed by atoms with Crippen LogP contribution in [0.5, 0.6) is 0 Å². The number of piperazine rings is 1. The lowest BCUT2D eigenvalue weighted by Gasteiger charge is -2.35. The molecular weight excluding hydrogens is 424 g/mol. The summed E-state index contributed by atoms with van der Waals surface area (Å²) in [6, 6.07) is 10.7. The first kappa shape index (κ1) is 22.5. The molecule has 2 fully saturated rings. The van der Waals surface area contributed by atoms with Crippen molar-refractivity contribution in [2.75, 3.05) is 51.1 Å². The van der Waals surface area contributed by atoms with E-state index in [2.05, 4.69) is 10.2 Å². The molecular formula is C24H30N4O3S. The Balaban J connectivity index is 1.28. The molecule has 0 unspecified atom stereocenters. The average Bonchev–Trinajstić information content (AvgIpc) is 3.22. The third-order valence-corrected chi connectivity index (χ3v) is 6.96. The van der Waals surface area contributed by atoms with Crippen molar-refractivity contribution < 1.29 is 14.4 Å². The van der Waals surface area contributed by atoms with Crippen LogP contribution in [0.15, 0.2) is 41.8 Å². The van der Waals surface area contributed by atoms with Gasteiger partial charge < -0.3 is 15.1 Å². The normalized spacial score (nSPS) is 17.6. The molecule has 1 aromatic heterocycles. The third kappa shape index (κ3) is 5.75. The summed E-state index contributed by atoms with van der Waals surface area (Å²) in [4.78, 5) is 44.5. The number of nitrogens with zero attached hydrogens (tertiary/aromatic N) is 3. The van der Waals surface area contributed by atoms with Gasteiger partial charge in [-0.3, -0.25) is 19.3 Å². The molecule has 2 aliphatic heterocycles. The maximum Gasteiger partial charge on any atom is 0.265 e. The molecule has 32 heavy (non-hydrogen) atoms. The standard InChI is InChI=1S/C24H30N4O3S/c29-22(27-10-3-1-2-4-11-27)18-26-12-14-28(15-13-26)24(31)19-7-5-8-20(17-19)25-23(30)21-9-6-16-32-21/h5-9,16-17H,1-4,10-15,18H2,(H,25,30). The summed E-state index contributed by atoms with van der Waals surface area (Å²) in [6.45, 7) is 4.76. The van der Waals surface area contributed by atoms with Crippen molar-refractivity contribution in [1.82, 2.24) is 14.7 Å². The Morgan fingerprint density at radius 1 is 0.844 bits per heavy atom. The minimum Gasteiger partial charge on any atom is -0.342 e. The summed E-state index contributed by atoms with van der Waals surface area (Å²) in [7, 11) is 0. The van der Waals surface area contributed by atoms with Crippen LogP contribution in [0.2, 0.25) is 0 Å². The maximum absolute atomic E-state index is 13.0. The Morgan fingerprint density at radius 3 is 2.28 bits per heavy atom. The van der Waals surface area contributed by atoms with Crippen LogP contribution in [-0.4, -0.2) is 78.2 Å². The van der Waals surface area contributed by atoms with Gasteiger partial charge in [0.25, 0.3) is 11.8 Å². The summed E-state index contributed by atoms with van der Waals surface area (Å²) in [5.74, 6) is -0.0103. The Bertz CT molecular complexity index is 930. The number of hydrogen-bond acceptors (Lipinski definition) is 5. The minimum atomic E-state index is -0.174. The van der Waals surface area contributed by atoms with Crippen LogP contribution in [0.3, 0.4) is 0 Å². The second kappa shape index (κ2) is 10.7. The molecule has 0 aliphatic carbocycles. The van der Waals surface area contributed by atoms with Crippen molar-refractivity contribution in [1.29, 1.82) is 0 Å². The predicted octanol–water partition coefficient (Wildman–Crippen LogP) is 3.16. The van der Waals surface area contributed by atoms with Crippen molar-refractivity contribution in [2.24, 2.45) is 0 Å². The van der Waals surface area contributed by atoms with Gasteiger partial charge in [-0.15, -0.1) is 11.3 Å². The van der Waals surface area contributed by atoms with Crippen LogP contribution in [0.1, 0.15) is 45.7 Å². The number of amides is 3. The lowest BCUT2D eigenvalue weighted by atomic mass is 10.1. The first-order chi connectivity index (χ1) is 15.6. The topological polar surface area (TPSA) is 73.0 Å². The Hall–Kier alpha value is -2.71. The van der Waals surface area contributed by atoms with E-state index in [1.54, 1.807) is 30.3 Å². The van der Waals surface area contributed by atoms with Crippen LogP contribution in [0.4, 0.5) is 5.69 Å². The zero-order valence-corrected chi connectivity index (χ0v) is 19.1. The Kier molecular flexibility index (Phi) is 7.55. The molecule has 0 bridgehead atoms. The van der Waals surface area contributed by atoms with Gasteiger partial charge in [-0.2, -0.15) is 0 Å². The Labute approximate surface area is 193 Å². The summed E-state index contributed by atoms with van der Waals surface area (Å²) in [5, 5.41) is 4.71. The van der Waals surface area contributed by atoms with E-state index in [9.17, 15) is 14.4 Å². The van der Waals surface area contributed by atoms with Crippen molar-refractivity contribution in [3.8, 4) is 0 Å². The third-order valence-electron chi connectivity index (χ3n) is 6.09. The number of anilines is 1. The van der Waals surface area contributed by atoms with Crippen LogP contribution in [0.25, 0.3) is 0 Å². The molecule has 0 spiro atoms. The van der Waals surface area contributed by atoms with E-state index in [1.165, 1.54) is 24.2 Å². The minimum absolute atomic E-state index is 0.0456. The van der Waals surface area contributed by atoms with Gasteiger partial charge in [-0.05, 0) is 42.5 Å². The SMILES string of the molecule is O=C(Nc1cccc(C(=O)N2CCN(CC(=O)N3CCCCCC3)CC2)c1)c1cccs1. The molecule has 2 aromatic rings. The van der Waals surface area contributed by atoms with E-state index in [0.717, 1.165) is 25.9 Å². The summed E-state index contributed by atoms with van der Waals surface area (Å²) < 4.78 is 0. The first-order valence-corrected chi connectivity index (χ1v) is 12.2. The van der Waals surface area contributed by atoms with Crippen LogP contribution < -0.4 is 5.32 Å². The largest absolute Gasteiger partial charge is 0.342 e. The quantitative estimate of drug-likeness (QED) is 0.753. The van der Waals surface area contributed by atoms with E-state index < -0.39 is 0 Å². The van der Waals surface area contributed by atoms with Gasteiger partial charge in [0.1, 0.15) is 0 Å². The molecule has 4 rings (SSSR count). The highest BCUT2D eigenvalue weighted by Gasteiger charge is 2.25. The molecule has 1 aromatic carbocycles. The molecule has 3 heterocycles. The Morgan fingerprint density at radius 2 is 1.59 bits per heavy atom. The van der Waals surface area contributed by atoms with Gasteiger partial charge >= 0.3 is 0 Å². The molecule has 0 atom stereocenters. The second-order valence-electron chi connectivity index (χ2n) is 8.38. The predicted molar refractivity (Wildman–Crippen MR) is 126 cm³/mol. The smallest absolute Gasteiger partial charge is 0.265 e. The van der Waals surface area contributed by atoms with Crippen molar-refractivity contribution in [3.05, 3.63) is 52.2 Å². The lowest BCUT2D eigenvalue weighted by Crippen LogP contribution is -2.51. The van der Waals surface area contributed by atoms with Crippen molar-refractivity contribution in [3.63, 3.8) is 0 Å². The maximum atomic E-state index is 13.0. The number of rotatable bonds is 5. The van der Waals surface area contributed by atoms with Gasteiger partial charge in [0.15, 0.2) is 0 Å². The van der Waals surface area contributed by atoms with E-state index in [1.807, 2.05) is 21.2 Å². The molecule has 2 aliphatic rings. The number of nitrogens with one attached hydrogen (secondary N) is 1. The number of hydrogen-bond donors (Lipinski definition) is 1. The molecule has 8 heteroatoms. The summed E-state index contributed by atoms with van der Waals surface area (Å²) in [6.07, 6.45) is 4.62. The van der Waals surface area contributed by atoms with Crippen LogP contribution in [0, 0.1) is 0 Å². The van der Waals surface area contributed by atoms with E-state index in [-0.39, 0.29) is 17.7 Å². The zero-order valence-electron chi connectivity index (χ0n) is 18.3. The van der Waals surface area contributed by atoms with Gasteiger partial charge in [-0.25, -0.2) is 0 Å². The monoisotopic (exact) mass is 454 g/mol. The fourth-order valence-corrected chi connectivity index (χ4v) is 4.85. The van der Waals surface area contributed by atoms with Crippen molar-refractivity contribution >= 4 is 34.7 Å². The summed E-state index contributed by atoms with van der Waals surface area (Å²) in [5.41, 5.74) is 1.17.